The van der Waals surface area contributed by atoms with Gasteiger partial charge < -0.3 is 30.5 Å². The van der Waals surface area contributed by atoms with E-state index in [1.165, 1.54) is 12.1 Å². The summed E-state index contributed by atoms with van der Waals surface area (Å²) in [4.78, 5) is 16.5. The highest BCUT2D eigenvalue weighted by Gasteiger charge is 2.44. The molecule has 2 aromatic carbocycles. The summed E-state index contributed by atoms with van der Waals surface area (Å²) in [6.45, 7) is 1.86. The Morgan fingerprint density at radius 3 is 2.57 bits per heavy atom. The van der Waals surface area contributed by atoms with Crippen molar-refractivity contribution in [2.75, 3.05) is 39.9 Å². The van der Waals surface area contributed by atoms with Crippen molar-refractivity contribution >= 4 is 6.03 Å². The summed E-state index contributed by atoms with van der Waals surface area (Å²) in [5.74, 6) is -2.23. The molecule has 4 atom stereocenters. The minimum absolute atomic E-state index is 0.0923. The van der Waals surface area contributed by atoms with E-state index in [0.717, 1.165) is 12.5 Å². The number of rotatable bonds is 8. The Balaban J connectivity index is 1.67. The second-order valence-corrected chi connectivity index (χ2v) is 10.2. The Bertz CT molecular complexity index is 1080. The van der Waals surface area contributed by atoms with Crippen LogP contribution in [0.2, 0.25) is 0 Å². The van der Waals surface area contributed by atoms with E-state index < -0.39 is 29.4 Å². The smallest absolute Gasteiger partial charge is 0.320 e. The second kappa shape index (κ2) is 11.9. The molecular formula is C28H37F2N3O4. The zero-order valence-corrected chi connectivity index (χ0v) is 21.3. The largest absolute Gasteiger partial charge is 0.390 e. The summed E-state index contributed by atoms with van der Waals surface area (Å²) >= 11 is 0. The molecular weight excluding hydrogens is 480 g/mol. The molecule has 0 spiro atoms. The highest BCUT2D eigenvalue weighted by molar-refractivity contribution is 5.75. The number of nitrogens with zero attached hydrogens (tertiary/aromatic N) is 2. The third-order valence-corrected chi connectivity index (χ3v) is 7.76. The summed E-state index contributed by atoms with van der Waals surface area (Å²) in [5, 5.41) is 22.4. The average Bonchev–Trinajstić information content (AvgIpc) is 3.25. The summed E-state index contributed by atoms with van der Waals surface area (Å²) in [7, 11) is 1.63. The van der Waals surface area contributed by atoms with Gasteiger partial charge in [-0.1, -0.05) is 36.4 Å². The summed E-state index contributed by atoms with van der Waals surface area (Å²) in [6.07, 6.45) is 2.37. The van der Waals surface area contributed by atoms with Crippen molar-refractivity contribution in [1.29, 1.82) is 0 Å². The monoisotopic (exact) mass is 517 g/mol. The Morgan fingerprint density at radius 1 is 1.08 bits per heavy atom. The van der Waals surface area contributed by atoms with Crippen LogP contribution in [0.1, 0.15) is 37.7 Å². The molecule has 2 aromatic rings. The van der Waals surface area contributed by atoms with Gasteiger partial charge in [-0.25, -0.2) is 13.6 Å². The number of nitrogens with two attached hydrogens (primary N) is 1. The number of β-amino-alcohol motifs (C(OH)–C–C–N with tert-alkyl or cyclic N) is 1. The molecule has 2 aliphatic rings. The molecule has 37 heavy (non-hydrogen) atoms. The van der Waals surface area contributed by atoms with Crippen LogP contribution in [0.3, 0.4) is 0 Å². The molecule has 2 amide bonds. The number of aliphatic hydroxyl groups excluding tert-OH is 1. The SMILES string of the molecule is COCCCC[C@@](O)(c1ccccc1-c1cccc(F)c1F)[C@@H]1CCCN(C(=O)N2C[C@@H](N)[C@@H](O)C2)C1. The molecule has 7 nitrogen and oxygen atoms in total. The van der Waals surface area contributed by atoms with Gasteiger partial charge in [0.25, 0.3) is 0 Å². The standard InChI is InChI=1S/C28H37F2N3O4/c1-37-15-5-4-13-28(36,22-11-3-2-9-20(22)21-10-6-12-23(29)26(21)30)19-8-7-14-32(16-19)27(35)33-17-24(31)25(34)18-33/h2-3,6,9-12,19,24-25,34,36H,4-5,7-8,13-18,31H2,1H3/t19-,24-,25+,28+/m1/s1. The summed E-state index contributed by atoms with van der Waals surface area (Å²) in [5.41, 5.74) is 5.58. The van der Waals surface area contributed by atoms with E-state index in [1.54, 1.807) is 41.2 Å². The van der Waals surface area contributed by atoms with Gasteiger partial charge in [-0.15, -0.1) is 0 Å². The Labute approximate surface area is 216 Å². The quantitative estimate of drug-likeness (QED) is 0.466. The topological polar surface area (TPSA) is 99.3 Å². The van der Waals surface area contributed by atoms with Gasteiger partial charge in [0.15, 0.2) is 11.6 Å². The molecule has 0 aliphatic carbocycles. The van der Waals surface area contributed by atoms with E-state index in [9.17, 15) is 23.8 Å². The van der Waals surface area contributed by atoms with E-state index in [1.807, 2.05) is 0 Å². The molecule has 202 valence electrons. The molecule has 0 unspecified atom stereocenters. The number of hydrogen-bond acceptors (Lipinski definition) is 5. The maximum absolute atomic E-state index is 14.9. The maximum atomic E-state index is 14.9. The van der Waals surface area contributed by atoms with Crippen molar-refractivity contribution in [3.05, 3.63) is 59.7 Å². The van der Waals surface area contributed by atoms with Crippen LogP contribution in [-0.2, 0) is 10.3 Å². The first-order valence-electron chi connectivity index (χ1n) is 13.0. The number of unbranched alkanes of at least 4 members (excludes halogenated alkanes) is 1. The number of likely N-dealkylation sites (tertiary alicyclic amines) is 2. The fourth-order valence-electron chi connectivity index (χ4n) is 5.72. The van der Waals surface area contributed by atoms with Crippen LogP contribution in [-0.4, -0.2) is 78.1 Å². The number of halogens is 2. The van der Waals surface area contributed by atoms with Crippen molar-refractivity contribution in [3.8, 4) is 11.1 Å². The number of ether oxygens (including phenoxy) is 1. The lowest BCUT2D eigenvalue weighted by atomic mass is 9.72. The molecule has 0 aromatic heterocycles. The molecule has 0 saturated carbocycles. The molecule has 0 radical (unpaired) electrons. The van der Waals surface area contributed by atoms with Gasteiger partial charge in [0.1, 0.15) is 0 Å². The van der Waals surface area contributed by atoms with Crippen LogP contribution in [0.4, 0.5) is 13.6 Å². The van der Waals surface area contributed by atoms with Gasteiger partial charge in [-0.05, 0) is 49.3 Å². The van der Waals surface area contributed by atoms with Gasteiger partial charge in [0.2, 0.25) is 0 Å². The van der Waals surface area contributed by atoms with Crippen molar-refractivity contribution in [2.24, 2.45) is 11.7 Å². The number of benzene rings is 2. The number of hydrogen-bond donors (Lipinski definition) is 3. The normalized spacial score (nSPS) is 23.8. The third-order valence-electron chi connectivity index (χ3n) is 7.76. The zero-order valence-electron chi connectivity index (χ0n) is 21.3. The predicted octanol–water partition coefficient (Wildman–Crippen LogP) is 3.47. The van der Waals surface area contributed by atoms with E-state index in [-0.39, 0.29) is 30.6 Å². The first kappa shape index (κ1) is 27.4. The van der Waals surface area contributed by atoms with E-state index in [0.29, 0.717) is 56.5 Å². The minimum atomic E-state index is -1.39. The lowest BCUT2D eigenvalue weighted by Gasteiger charge is -2.44. The van der Waals surface area contributed by atoms with Crippen molar-refractivity contribution in [1.82, 2.24) is 9.80 Å². The number of carbonyl (C=O) groups excluding carboxylic acids is 1. The van der Waals surface area contributed by atoms with E-state index >= 15 is 0 Å². The van der Waals surface area contributed by atoms with Crippen LogP contribution < -0.4 is 5.73 Å². The highest BCUT2D eigenvalue weighted by atomic mass is 19.2. The van der Waals surface area contributed by atoms with Crippen molar-refractivity contribution in [3.63, 3.8) is 0 Å². The molecule has 2 heterocycles. The minimum Gasteiger partial charge on any atom is -0.390 e. The van der Waals surface area contributed by atoms with Crippen molar-refractivity contribution in [2.45, 2.75) is 49.9 Å². The Kier molecular flexibility index (Phi) is 8.79. The second-order valence-electron chi connectivity index (χ2n) is 10.2. The first-order chi connectivity index (χ1) is 17.8. The van der Waals surface area contributed by atoms with Gasteiger partial charge in [0, 0.05) is 57.4 Å². The highest BCUT2D eigenvalue weighted by Crippen LogP contribution is 2.44. The molecule has 9 heteroatoms. The van der Waals surface area contributed by atoms with Crippen molar-refractivity contribution < 1.29 is 28.5 Å². The van der Waals surface area contributed by atoms with Gasteiger partial charge in [-0.2, -0.15) is 0 Å². The third kappa shape index (κ3) is 5.80. The lowest BCUT2D eigenvalue weighted by Crippen LogP contribution is -2.52. The first-order valence-corrected chi connectivity index (χ1v) is 13.0. The number of methoxy groups -OCH3 is 1. The molecule has 4 rings (SSSR count). The molecule has 2 fully saturated rings. The lowest BCUT2D eigenvalue weighted by molar-refractivity contribution is -0.0572. The number of carbonyl (C=O) groups is 1. The van der Waals surface area contributed by atoms with E-state index in [2.05, 4.69) is 0 Å². The molecule has 0 bridgehead atoms. The number of aliphatic hydroxyl groups is 2. The van der Waals surface area contributed by atoms with Crippen LogP contribution in [0.5, 0.6) is 0 Å². The van der Waals surface area contributed by atoms with Gasteiger partial charge >= 0.3 is 6.03 Å². The maximum Gasteiger partial charge on any atom is 0.320 e. The average molecular weight is 518 g/mol. The number of amides is 2. The van der Waals surface area contributed by atoms with Gasteiger partial charge in [-0.3, -0.25) is 0 Å². The number of urea groups is 1. The van der Waals surface area contributed by atoms with Crippen LogP contribution in [0.25, 0.3) is 11.1 Å². The molecule has 4 N–H and O–H groups in total. The van der Waals surface area contributed by atoms with Crippen LogP contribution in [0.15, 0.2) is 42.5 Å². The summed E-state index contributed by atoms with van der Waals surface area (Å²) < 4.78 is 34.2. The van der Waals surface area contributed by atoms with Gasteiger partial charge in [0.05, 0.1) is 11.7 Å². The predicted molar refractivity (Wildman–Crippen MR) is 137 cm³/mol. The van der Waals surface area contributed by atoms with Crippen LogP contribution in [0, 0.1) is 17.6 Å². The van der Waals surface area contributed by atoms with E-state index in [4.69, 9.17) is 10.5 Å². The summed E-state index contributed by atoms with van der Waals surface area (Å²) in [6, 6.07) is 10.4. The molecule has 2 saturated heterocycles. The fourth-order valence-corrected chi connectivity index (χ4v) is 5.72. The van der Waals surface area contributed by atoms with Crippen LogP contribution >= 0.6 is 0 Å². The zero-order chi connectivity index (χ0) is 26.6. The number of piperidine rings is 1. The molecule has 2 aliphatic heterocycles. The Morgan fingerprint density at radius 2 is 1.84 bits per heavy atom. The fraction of sp³-hybridized carbons (Fsp3) is 0.536. The Hall–Kier alpha value is -2.59.